The van der Waals surface area contributed by atoms with Crippen LogP contribution in [-0.4, -0.2) is 44.2 Å². The van der Waals surface area contributed by atoms with Crippen LogP contribution in [0.4, 0.5) is 5.69 Å². The van der Waals surface area contributed by atoms with E-state index in [1.807, 2.05) is 0 Å². The van der Waals surface area contributed by atoms with Crippen molar-refractivity contribution in [3.63, 3.8) is 0 Å². The number of nitrogens with one attached hydrogen (secondary N) is 1. The van der Waals surface area contributed by atoms with E-state index in [2.05, 4.69) is 53.5 Å². The van der Waals surface area contributed by atoms with Crippen molar-refractivity contribution in [2.75, 3.05) is 32.1 Å². The second-order valence-electron chi connectivity index (χ2n) is 6.15. The molecule has 0 bridgehead atoms. The number of hydrogen-bond donors (Lipinski definition) is 1. The van der Waals surface area contributed by atoms with Crippen LogP contribution >= 0.6 is 0 Å². The third-order valence-corrected chi connectivity index (χ3v) is 4.33. The number of benzene rings is 1. The second kappa shape index (κ2) is 5.51. The molecule has 2 fully saturated rings. The van der Waals surface area contributed by atoms with E-state index in [9.17, 15) is 0 Å². The largest absolute Gasteiger partial charge is 0.378 e. The number of likely N-dealkylation sites (tertiary alicyclic amines) is 1. The summed E-state index contributed by atoms with van der Waals surface area (Å²) < 4.78 is 0. The third-order valence-electron chi connectivity index (χ3n) is 4.33. The molecule has 0 aromatic heterocycles. The summed E-state index contributed by atoms with van der Waals surface area (Å²) in [6.45, 7) is 3.54. The van der Waals surface area contributed by atoms with Crippen molar-refractivity contribution >= 4 is 5.69 Å². The van der Waals surface area contributed by atoms with Crippen molar-refractivity contribution in [1.29, 1.82) is 0 Å². The molecular weight excluding hydrogens is 234 g/mol. The van der Waals surface area contributed by atoms with Crippen LogP contribution in [0.15, 0.2) is 24.3 Å². The predicted molar refractivity (Wildman–Crippen MR) is 80.6 cm³/mol. The Morgan fingerprint density at radius 1 is 1.16 bits per heavy atom. The van der Waals surface area contributed by atoms with Crippen LogP contribution in [0.25, 0.3) is 0 Å². The molecule has 1 N–H and O–H groups in total. The summed E-state index contributed by atoms with van der Waals surface area (Å²) >= 11 is 0. The van der Waals surface area contributed by atoms with Crippen molar-refractivity contribution in [2.45, 2.75) is 37.9 Å². The molecule has 1 saturated heterocycles. The van der Waals surface area contributed by atoms with Gasteiger partial charge in [-0.3, -0.25) is 4.90 Å². The first kappa shape index (κ1) is 12.9. The summed E-state index contributed by atoms with van der Waals surface area (Å²) in [7, 11) is 4.16. The highest BCUT2D eigenvalue weighted by Gasteiger charge is 2.33. The molecule has 1 aliphatic carbocycles. The predicted octanol–water partition coefficient (Wildman–Crippen LogP) is 2.08. The fourth-order valence-electron chi connectivity index (χ4n) is 2.90. The summed E-state index contributed by atoms with van der Waals surface area (Å²) in [6.07, 6.45) is 4.17. The molecular formula is C16H25N3. The van der Waals surface area contributed by atoms with Crippen LogP contribution in [0.2, 0.25) is 0 Å². The summed E-state index contributed by atoms with van der Waals surface area (Å²) in [5, 5.41) is 3.70. The first-order valence-electron chi connectivity index (χ1n) is 7.46. The maximum absolute atomic E-state index is 3.70. The van der Waals surface area contributed by atoms with Crippen LogP contribution in [0.1, 0.15) is 24.8 Å². The monoisotopic (exact) mass is 259 g/mol. The molecule has 1 aliphatic heterocycles. The van der Waals surface area contributed by atoms with Gasteiger partial charge in [-0.05, 0) is 37.0 Å². The molecule has 0 spiro atoms. The molecule has 19 heavy (non-hydrogen) atoms. The van der Waals surface area contributed by atoms with E-state index < -0.39 is 0 Å². The zero-order valence-electron chi connectivity index (χ0n) is 12.1. The Balaban J connectivity index is 1.46. The summed E-state index contributed by atoms with van der Waals surface area (Å²) in [5.41, 5.74) is 2.65. The Bertz CT molecular complexity index is 409. The quantitative estimate of drug-likeness (QED) is 0.873. The molecule has 3 rings (SSSR count). The Labute approximate surface area is 116 Å². The normalized spacial score (nSPS) is 23.8. The Hall–Kier alpha value is -1.06. The molecule has 3 nitrogen and oxygen atoms in total. The van der Waals surface area contributed by atoms with E-state index in [0.29, 0.717) is 6.04 Å². The standard InChI is InChI=1S/C16H25N3/c1-18(2)15-5-3-13(4-6-15)11-17-14-9-10-19(12-14)16-7-8-16/h3-6,14,16-17H,7-12H2,1-2H3. The van der Waals surface area contributed by atoms with Crippen molar-refractivity contribution in [3.8, 4) is 0 Å². The maximum Gasteiger partial charge on any atom is 0.0361 e. The zero-order valence-corrected chi connectivity index (χ0v) is 12.1. The van der Waals surface area contributed by atoms with Crippen LogP contribution in [0.3, 0.4) is 0 Å². The highest BCUT2D eigenvalue weighted by molar-refractivity contribution is 5.45. The van der Waals surface area contributed by atoms with Crippen LogP contribution in [-0.2, 0) is 6.54 Å². The van der Waals surface area contributed by atoms with Gasteiger partial charge in [0.25, 0.3) is 0 Å². The van der Waals surface area contributed by atoms with E-state index >= 15 is 0 Å². The van der Waals surface area contributed by atoms with Gasteiger partial charge in [0.05, 0.1) is 0 Å². The Morgan fingerprint density at radius 2 is 1.89 bits per heavy atom. The number of rotatable bonds is 5. The molecule has 1 aromatic rings. The summed E-state index contributed by atoms with van der Waals surface area (Å²) in [4.78, 5) is 4.80. The van der Waals surface area contributed by atoms with E-state index in [4.69, 9.17) is 0 Å². The molecule has 1 saturated carbocycles. The number of nitrogens with zero attached hydrogens (tertiary/aromatic N) is 2. The fourth-order valence-corrected chi connectivity index (χ4v) is 2.90. The summed E-state index contributed by atoms with van der Waals surface area (Å²) in [6, 6.07) is 10.5. The molecule has 1 aromatic carbocycles. The lowest BCUT2D eigenvalue weighted by Crippen LogP contribution is -2.32. The molecule has 0 radical (unpaired) electrons. The first-order chi connectivity index (χ1) is 9.22. The molecule has 3 heteroatoms. The third kappa shape index (κ3) is 3.28. The molecule has 0 amide bonds. The summed E-state index contributed by atoms with van der Waals surface area (Å²) in [5.74, 6) is 0. The number of hydrogen-bond acceptors (Lipinski definition) is 3. The van der Waals surface area contributed by atoms with E-state index in [1.165, 1.54) is 43.6 Å². The van der Waals surface area contributed by atoms with Gasteiger partial charge < -0.3 is 10.2 Å². The topological polar surface area (TPSA) is 18.5 Å². The van der Waals surface area contributed by atoms with E-state index in [0.717, 1.165) is 12.6 Å². The van der Waals surface area contributed by atoms with Gasteiger partial charge in [-0.15, -0.1) is 0 Å². The average molecular weight is 259 g/mol. The minimum atomic E-state index is 0.689. The molecule has 1 unspecified atom stereocenters. The van der Waals surface area contributed by atoms with Gasteiger partial charge in [-0.1, -0.05) is 12.1 Å². The minimum absolute atomic E-state index is 0.689. The van der Waals surface area contributed by atoms with E-state index in [-0.39, 0.29) is 0 Å². The molecule has 104 valence electrons. The van der Waals surface area contributed by atoms with Gasteiger partial charge >= 0.3 is 0 Å². The Kier molecular flexibility index (Phi) is 3.76. The lowest BCUT2D eigenvalue weighted by atomic mass is 10.2. The van der Waals surface area contributed by atoms with Crippen LogP contribution in [0.5, 0.6) is 0 Å². The van der Waals surface area contributed by atoms with Crippen LogP contribution < -0.4 is 10.2 Å². The van der Waals surface area contributed by atoms with Gasteiger partial charge in [-0.2, -0.15) is 0 Å². The first-order valence-corrected chi connectivity index (χ1v) is 7.46. The van der Waals surface area contributed by atoms with Crippen LogP contribution in [0, 0.1) is 0 Å². The van der Waals surface area contributed by atoms with E-state index in [1.54, 1.807) is 0 Å². The number of anilines is 1. The molecule has 1 heterocycles. The highest BCUT2D eigenvalue weighted by atomic mass is 15.2. The maximum atomic E-state index is 3.70. The SMILES string of the molecule is CN(C)c1ccc(CNC2CCN(C3CC3)C2)cc1. The molecule has 1 atom stereocenters. The Morgan fingerprint density at radius 3 is 2.53 bits per heavy atom. The average Bonchev–Trinajstić information content (AvgIpc) is 3.16. The van der Waals surface area contributed by atoms with Crippen molar-refractivity contribution in [3.05, 3.63) is 29.8 Å². The van der Waals surface area contributed by atoms with Crippen molar-refractivity contribution < 1.29 is 0 Å². The van der Waals surface area contributed by atoms with Gasteiger partial charge in [0.2, 0.25) is 0 Å². The van der Waals surface area contributed by atoms with Gasteiger partial charge in [0, 0.05) is 51.5 Å². The van der Waals surface area contributed by atoms with Gasteiger partial charge in [0.15, 0.2) is 0 Å². The minimum Gasteiger partial charge on any atom is -0.378 e. The van der Waals surface area contributed by atoms with Crippen molar-refractivity contribution in [2.24, 2.45) is 0 Å². The van der Waals surface area contributed by atoms with Crippen molar-refractivity contribution in [1.82, 2.24) is 10.2 Å². The second-order valence-corrected chi connectivity index (χ2v) is 6.15. The smallest absolute Gasteiger partial charge is 0.0361 e. The lowest BCUT2D eigenvalue weighted by Gasteiger charge is -2.16. The lowest BCUT2D eigenvalue weighted by molar-refractivity contribution is 0.317. The molecule has 2 aliphatic rings. The van der Waals surface area contributed by atoms with Gasteiger partial charge in [-0.25, -0.2) is 0 Å². The fraction of sp³-hybridized carbons (Fsp3) is 0.625. The van der Waals surface area contributed by atoms with Gasteiger partial charge in [0.1, 0.15) is 0 Å². The highest BCUT2D eigenvalue weighted by Crippen LogP contribution is 2.29. The zero-order chi connectivity index (χ0) is 13.2.